The van der Waals surface area contributed by atoms with E-state index in [9.17, 15) is 9.18 Å². The number of carbonyl (C=O) groups is 1. The minimum atomic E-state index is -0.181. The highest BCUT2D eigenvalue weighted by atomic mass is 19.1. The molecule has 1 aromatic carbocycles. The number of benzene rings is 1. The minimum Gasteiger partial charge on any atom is -0.369 e. The summed E-state index contributed by atoms with van der Waals surface area (Å²) >= 11 is 0. The van der Waals surface area contributed by atoms with Gasteiger partial charge in [0.15, 0.2) is 0 Å². The van der Waals surface area contributed by atoms with Crippen molar-refractivity contribution in [1.82, 2.24) is 14.7 Å². The van der Waals surface area contributed by atoms with Crippen molar-refractivity contribution in [2.75, 3.05) is 57.3 Å². The molecule has 3 aliphatic rings. The van der Waals surface area contributed by atoms with Gasteiger partial charge in [0, 0.05) is 63.0 Å². The summed E-state index contributed by atoms with van der Waals surface area (Å²) in [7, 11) is 0. The molecule has 0 aromatic heterocycles. The highest BCUT2D eigenvalue weighted by Crippen LogP contribution is 2.25. The van der Waals surface area contributed by atoms with Crippen LogP contribution in [0.4, 0.5) is 10.1 Å². The molecule has 1 aromatic rings. The number of nitrogens with zero attached hydrogens (tertiary/aromatic N) is 4. The van der Waals surface area contributed by atoms with Crippen LogP contribution in [0.1, 0.15) is 39.5 Å². The van der Waals surface area contributed by atoms with Crippen molar-refractivity contribution in [3.63, 3.8) is 0 Å². The topological polar surface area (TPSA) is 30.0 Å². The van der Waals surface area contributed by atoms with Gasteiger partial charge in [-0.15, -0.1) is 0 Å². The average Bonchev–Trinajstić information content (AvgIpc) is 2.79. The zero-order chi connectivity index (χ0) is 21.1. The standard InChI is InChI=1S/C24H37FN4O/c1-19(2)26-12-9-20(10-13-26)24(30)29-11-3-4-23(18-29)28-16-14-27(15-17-28)22-7-5-21(25)6-8-22/h5-8,19-20,23H,3-4,9-18H2,1-2H3/t23-/m0/s1. The number of anilines is 1. The van der Waals surface area contributed by atoms with E-state index in [0.29, 0.717) is 18.0 Å². The van der Waals surface area contributed by atoms with Crippen LogP contribution in [-0.4, -0.2) is 85.0 Å². The maximum atomic E-state index is 13.2. The second-order valence-electron chi connectivity index (χ2n) is 9.48. The Morgan fingerprint density at radius 2 is 1.60 bits per heavy atom. The van der Waals surface area contributed by atoms with Crippen LogP contribution in [0.3, 0.4) is 0 Å². The maximum absolute atomic E-state index is 13.2. The molecule has 0 N–H and O–H groups in total. The van der Waals surface area contributed by atoms with Crippen molar-refractivity contribution in [2.45, 2.75) is 51.6 Å². The van der Waals surface area contributed by atoms with Crippen LogP contribution in [0.15, 0.2) is 24.3 Å². The van der Waals surface area contributed by atoms with Crippen molar-refractivity contribution < 1.29 is 9.18 Å². The number of likely N-dealkylation sites (tertiary alicyclic amines) is 2. The highest BCUT2D eigenvalue weighted by Gasteiger charge is 2.34. The van der Waals surface area contributed by atoms with Gasteiger partial charge < -0.3 is 14.7 Å². The minimum absolute atomic E-state index is 0.181. The number of halogens is 1. The molecule has 0 radical (unpaired) electrons. The first-order valence-corrected chi connectivity index (χ1v) is 11.8. The second-order valence-corrected chi connectivity index (χ2v) is 9.48. The summed E-state index contributed by atoms with van der Waals surface area (Å²) in [6.45, 7) is 12.4. The lowest BCUT2D eigenvalue weighted by Crippen LogP contribution is -2.56. The fourth-order valence-corrected chi connectivity index (χ4v) is 5.37. The summed E-state index contributed by atoms with van der Waals surface area (Å²) < 4.78 is 13.2. The Morgan fingerprint density at radius 1 is 0.933 bits per heavy atom. The third-order valence-corrected chi connectivity index (χ3v) is 7.34. The molecule has 0 aliphatic carbocycles. The molecule has 1 amide bonds. The number of amides is 1. The van der Waals surface area contributed by atoms with E-state index in [1.54, 1.807) is 0 Å². The lowest BCUT2D eigenvalue weighted by molar-refractivity contribution is -0.139. The fraction of sp³-hybridized carbons (Fsp3) is 0.708. The highest BCUT2D eigenvalue weighted by molar-refractivity contribution is 5.79. The second kappa shape index (κ2) is 9.65. The molecule has 1 atom stereocenters. The summed E-state index contributed by atoms with van der Waals surface area (Å²) in [5, 5.41) is 0. The van der Waals surface area contributed by atoms with Gasteiger partial charge in [0.1, 0.15) is 5.82 Å². The average molecular weight is 417 g/mol. The zero-order valence-electron chi connectivity index (χ0n) is 18.6. The third-order valence-electron chi connectivity index (χ3n) is 7.34. The molecule has 0 bridgehead atoms. The molecular formula is C24H37FN4O. The monoisotopic (exact) mass is 416 g/mol. The Bertz CT molecular complexity index is 694. The van der Waals surface area contributed by atoms with Crippen molar-refractivity contribution in [1.29, 1.82) is 0 Å². The molecule has 166 valence electrons. The number of piperidine rings is 2. The first-order chi connectivity index (χ1) is 14.5. The van der Waals surface area contributed by atoms with E-state index in [0.717, 1.165) is 77.3 Å². The van der Waals surface area contributed by atoms with Gasteiger partial charge >= 0.3 is 0 Å². The summed E-state index contributed by atoms with van der Waals surface area (Å²) in [6.07, 6.45) is 4.31. The van der Waals surface area contributed by atoms with Crippen LogP contribution in [0.5, 0.6) is 0 Å². The van der Waals surface area contributed by atoms with Gasteiger partial charge in [0.25, 0.3) is 0 Å². The van der Waals surface area contributed by atoms with E-state index in [1.807, 2.05) is 12.1 Å². The van der Waals surface area contributed by atoms with Gasteiger partial charge in [-0.1, -0.05) is 0 Å². The zero-order valence-corrected chi connectivity index (χ0v) is 18.6. The van der Waals surface area contributed by atoms with E-state index in [2.05, 4.69) is 33.4 Å². The lowest BCUT2D eigenvalue weighted by Gasteiger charge is -2.45. The van der Waals surface area contributed by atoms with Crippen molar-refractivity contribution in [3.8, 4) is 0 Å². The molecule has 0 saturated carbocycles. The molecule has 3 aliphatic heterocycles. The number of rotatable bonds is 4. The van der Waals surface area contributed by atoms with Crippen LogP contribution < -0.4 is 4.90 Å². The fourth-order valence-electron chi connectivity index (χ4n) is 5.37. The predicted molar refractivity (Wildman–Crippen MR) is 119 cm³/mol. The van der Waals surface area contributed by atoms with E-state index in [4.69, 9.17) is 0 Å². The van der Waals surface area contributed by atoms with Crippen molar-refractivity contribution in [2.24, 2.45) is 5.92 Å². The summed E-state index contributed by atoms with van der Waals surface area (Å²) in [5.41, 5.74) is 1.10. The Balaban J connectivity index is 1.27. The van der Waals surface area contributed by atoms with Crippen molar-refractivity contribution >= 4 is 11.6 Å². The van der Waals surface area contributed by atoms with E-state index >= 15 is 0 Å². The van der Waals surface area contributed by atoms with Crippen LogP contribution in [-0.2, 0) is 4.79 Å². The predicted octanol–water partition coefficient (Wildman–Crippen LogP) is 3.06. The quantitative estimate of drug-likeness (QED) is 0.755. The Morgan fingerprint density at radius 3 is 2.23 bits per heavy atom. The molecule has 3 saturated heterocycles. The van der Waals surface area contributed by atoms with E-state index in [-0.39, 0.29) is 11.7 Å². The van der Waals surface area contributed by atoms with Gasteiger partial charge in [-0.25, -0.2) is 4.39 Å². The molecule has 6 heteroatoms. The Hall–Kier alpha value is -1.66. The molecule has 3 heterocycles. The van der Waals surface area contributed by atoms with E-state index < -0.39 is 0 Å². The summed E-state index contributed by atoms with van der Waals surface area (Å²) in [5.74, 6) is 0.432. The van der Waals surface area contributed by atoms with Gasteiger partial charge in [-0.3, -0.25) is 9.69 Å². The SMILES string of the molecule is CC(C)N1CCC(C(=O)N2CCC[C@H](N3CCN(c4ccc(F)cc4)CC3)C2)CC1. The molecule has 0 unspecified atom stereocenters. The van der Waals surface area contributed by atoms with Gasteiger partial charge in [0.2, 0.25) is 5.91 Å². The van der Waals surface area contributed by atoms with E-state index in [1.165, 1.54) is 18.6 Å². The third kappa shape index (κ3) is 4.97. The first-order valence-electron chi connectivity index (χ1n) is 11.8. The van der Waals surface area contributed by atoms with Crippen LogP contribution in [0.25, 0.3) is 0 Å². The molecule has 0 spiro atoms. The number of carbonyl (C=O) groups excluding carboxylic acids is 1. The summed E-state index contributed by atoms with van der Waals surface area (Å²) in [4.78, 5) is 22.7. The van der Waals surface area contributed by atoms with Gasteiger partial charge in [0.05, 0.1) is 0 Å². The van der Waals surface area contributed by atoms with Crippen LogP contribution in [0.2, 0.25) is 0 Å². The van der Waals surface area contributed by atoms with Gasteiger partial charge in [-0.05, 0) is 76.9 Å². The summed E-state index contributed by atoms with van der Waals surface area (Å²) in [6, 6.07) is 7.88. The van der Waals surface area contributed by atoms with Gasteiger partial charge in [-0.2, -0.15) is 0 Å². The van der Waals surface area contributed by atoms with Crippen LogP contribution >= 0.6 is 0 Å². The molecule has 4 rings (SSSR count). The maximum Gasteiger partial charge on any atom is 0.225 e. The Kier molecular flexibility index (Phi) is 6.94. The normalized spacial score (nSPS) is 25.1. The molecule has 5 nitrogen and oxygen atoms in total. The van der Waals surface area contributed by atoms with Crippen molar-refractivity contribution in [3.05, 3.63) is 30.1 Å². The number of hydrogen-bond donors (Lipinski definition) is 0. The molecule has 30 heavy (non-hydrogen) atoms. The lowest BCUT2D eigenvalue weighted by atomic mass is 9.93. The molecular weight excluding hydrogens is 379 g/mol. The number of hydrogen-bond acceptors (Lipinski definition) is 4. The smallest absolute Gasteiger partial charge is 0.225 e. The first kappa shape index (κ1) is 21.6. The van der Waals surface area contributed by atoms with Crippen LogP contribution in [0, 0.1) is 11.7 Å². The number of piperazine rings is 1. The largest absolute Gasteiger partial charge is 0.369 e. The molecule has 3 fully saturated rings. The Labute approximate surface area is 180 Å².